The highest BCUT2D eigenvalue weighted by molar-refractivity contribution is 9.10. The summed E-state index contributed by atoms with van der Waals surface area (Å²) in [4.78, 5) is 15.1. The van der Waals surface area contributed by atoms with Gasteiger partial charge in [0.1, 0.15) is 11.5 Å². The number of nitrogens with zero attached hydrogens (tertiary/aromatic N) is 3. The van der Waals surface area contributed by atoms with Crippen molar-refractivity contribution in [1.29, 1.82) is 0 Å². The van der Waals surface area contributed by atoms with Crippen LogP contribution >= 0.6 is 43.6 Å². The molecule has 1 N–H and O–H groups in total. The number of rotatable bonds is 5. The Hall–Kier alpha value is -2.62. The maximum Gasteiger partial charge on any atom is 0.267 e. The molecule has 6 nitrogen and oxygen atoms in total. The van der Waals surface area contributed by atoms with Crippen LogP contribution in [0.1, 0.15) is 16.9 Å². The minimum Gasteiger partial charge on any atom is -0.507 e. The zero-order valence-corrected chi connectivity index (χ0v) is 19.9. The second-order valence-corrected chi connectivity index (χ2v) is 9.30. The van der Waals surface area contributed by atoms with Gasteiger partial charge in [-0.15, -0.1) is 5.10 Å². The first-order valence-electron chi connectivity index (χ1n) is 9.08. The lowest BCUT2D eigenvalue weighted by Crippen LogP contribution is -2.28. The molecule has 1 fully saturated rings. The highest BCUT2D eigenvalue weighted by Crippen LogP contribution is 2.34. The number of carbonyl (C=O) groups excluding carboxylic acids is 1. The standard InChI is InChI=1S/C22H15Br2N3O3S/c23-16-5-3-14(4-6-16)10-20-21(29)27(13-18-2-1-9-30-18)22(31-20)26-25-12-15-11-17(24)7-8-19(15)28/h1-12,28H,13H2/b20-10-,25-12-,26-22+. The number of carbonyl (C=O) groups is 1. The lowest BCUT2D eigenvalue weighted by molar-refractivity contribution is -0.122. The number of phenolic OH excluding ortho intramolecular Hbond substituents is 1. The number of halogens is 2. The zero-order chi connectivity index (χ0) is 21.8. The predicted molar refractivity (Wildman–Crippen MR) is 130 cm³/mol. The molecule has 0 radical (unpaired) electrons. The molecule has 31 heavy (non-hydrogen) atoms. The van der Waals surface area contributed by atoms with E-state index in [0.29, 0.717) is 21.4 Å². The Morgan fingerprint density at radius 1 is 1.10 bits per heavy atom. The lowest BCUT2D eigenvalue weighted by Gasteiger charge is -2.12. The van der Waals surface area contributed by atoms with Crippen LogP contribution in [-0.2, 0) is 11.3 Å². The molecular formula is C22H15Br2N3O3S. The number of amidine groups is 1. The van der Waals surface area contributed by atoms with Gasteiger partial charge in [0.25, 0.3) is 5.91 Å². The Kier molecular flexibility index (Phi) is 6.74. The van der Waals surface area contributed by atoms with E-state index in [4.69, 9.17) is 4.42 Å². The van der Waals surface area contributed by atoms with Crippen LogP contribution in [0, 0.1) is 0 Å². The van der Waals surface area contributed by atoms with E-state index in [1.54, 1.807) is 36.6 Å². The average molecular weight is 561 g/mol. The number of phenols is 1. The van der Waals surface area contributed by atoms with E-state index in [1.807, 2.05) is 30.3 Å². The van der Waals surface area contributed by atoms with Crippen molar-refractivity contribution in [2.24, 2.45) is 10.2 Å². The summed E-state index contributed by atoms with van der Waals surface area (Å²) < 4.78 is 7.18. The molecule has 1 aliphatic rings. The number of hydrogen-bond donors (Lipinski definition) is 1. The van der Waals surface area contributed by atoms with Gasteiger partial charge in [0.05, 0.1) is 23.9 Å². The van der Waals surface area contributed by atoms with Crippen LogP contribution in [0.3, 0.4) is 0 Å². The molecule has 0 bridgehead atoms. The van der Waals surface area contributed by atoms with Crippen molar-refractivity contribution in [3.05, 3.63) is 91.6 Å². The van der Waals surface area contributed by atoms with E-state index in [1.165, 1.54) is 22.9 Å². The monoisotopic (exact) mass is 559 g/mol. The Morgan fingerprint density at radius 2 is 1.87 bits per heavy atom. The van der Waals surface area contributed by atoms with Crippen molar-refractivity contribution < 1.29 is 14.3 Å². The molecule has 0 spiro atoms. The molecule has 9 heteroatoms. The van der Waals surface area contributed by atoms with Gasteiger partial charge in [0.2, 0.25) is 0 Å². The Balaban J connectivity index is 1.63. The fraction of sp³-hybridized carbons (Fsp3) is 0.0455. The summed E-state index contributed by atoms with van der Waals surface area (Å²) in [6.07, 6.45) is 4.83. The number of amides is 1. The molecule has 156 valence electrons. The van der Waals surface area contributed by atoms with Gasteiger partial charge in [-0.1, -0.05) is 44.0 Å². The van der Waals surface area contributed by atoms with Crippen LogP contribution < -0.4 is 0 Å². The molecular weight excluding hydrogens is 546 g/mol. The third-order valence-electron chi connectivity index (χ3n) is 4.28. The van der Waals surface area contributed by atoms with E-state index < -0.39 is 0 Å². The van der Waals surface area contributed by atoms with Crippen LogP contribution in [0.15, 0.2) is 89.3 Å². The summed E-state index contributed by atoms with van der Waals surface area (Å²) in [5.74, 6) is 0.550. The van der Waals surface area contributed by atoms with Crippen molar-refractivity contribution in [1.82, 2.24) is 4.90 Å². The fourth-order valence-electron chi connectivity index (χ4n) is 2.76. The maximum atomic E-state index is 13.1. The molecule has 0 atom stereocenters. The lowest BCUT2D eigenvalue weighted by atomic mass is 10.2. The number of benzene rings is 2. The van der Waals surface area contributed by atoms with Crippen LogP contribution in [0.25, 0.3) is 6.08 Å². The van der Waals surface area contributed by atoms with Crippen molar-refractivity contribution in [3.8, 4) is 5.75 Å². The zero-order valence-electron chi connectivity index (χ0n) is 15.9. The van der Waals surface area contributed by atoms with Crippen LogP contribution in [-0.4, -0.2) is 27.3 Å². The van der Waals surface area contributed by atoms with Crippen LogP contribution in [0.4, 0.5) is 0 Å². The molecule has 3 aromatic rings. The van der Waals surface area contributed by atoms with Crippen molar-refractivity contribution in [2.45, 2.75) is 6.54 Å². The quantitative estimate of drug-likeness (QED) is 0.235. The van der Waals surface area contributed by atoms with Gasteiger partial charge in [-0.25, -0.2) is 0 Å². The Bertz CT molecular complexity index is 1190. The molecule has 2 aromatic carbocycles. The molecule has 0 aliphatic carbocycles. The molecule has 1 aromatic heterocycles. The van der Waals surface area contributed by atoms with Gasteiger partial charge in [-0.05, 0) is 65.9 Å². The first-order valence-corrected chi connectivity index (χ1v) is 11.5. The minimum absolute atomic E-state index is 0.0885. The van der Waals surface area contributed by atoms with Gasteiger partial charge in [0.15, 0.2) is 5.17 Å². The second-order valence-electron chi connectivity index (χ2n) is 6.46. The number of thioether (sulfide) groups is 1. The SMILES string of the molecule is O=C1/C(=C/c2ccc(Br)cc2)S/C(=N/N=C\c2cc(Br)ccc2O)N1Cc1ccco1. The van der Waals surface area contributed by atoms with E-state index in [2.05, 4.69) is 42.1 Å². The topological polar surface area (TPSA) is 78.4 Å². The smallest absolute Gasteiger partial charge is 0.267 e. The molecule has 1 saturated heterocycles. The van der Waals surface area contributed by atoms with Crippen molar-refractivity contribution >= 4 is 67.0 Å². The summed E-state index contributed by atoms with van der Waals surface area (Å²) in [5, 5.41) is 18.7. The normalized spacial score (nSPS) is 16.8. The second kappa shape index (κ2) is 9.67. The van der Waals surface area contributed by atoms with Gasteiger partial charge in [-0.3, -0.25) is 9.69 Å². The largest absolute Gasteiger partial charge is 0.507 e. The van der Waals surface area contributed by atoms with Gasteiger partial charge in [0, 0.05) is 14.5 Å². The summed E-state index contributed by atoms with van der Waals surface area (Å²) in [6, 6.07) is 16.3. The highest BCUT2D eigenvalue weighted by Gasteiger charge is 2.34. The molecule has 1 amide bonds. The fourth-order valence-corrected chi connectivity index (χ4v) is 4.34. The first kappa shape index (κ1) is 21.6. The number of hydrogen-bond acceptors (Lipinski definition) is 6. The third-order valence-corrected chi connectivity index (χ3v) is 6.30. The summed E-state index contributed by atoms with van der Waals surface area (Å²) >= 11 is 8.01. The van der Waals surface area contributed by atoms with Crippen molar-refractivity contribution in [3.63, 3.8) is 0 Å². The molecule has 1 aliphatic heterocycles. The van der Waals surface area contributed by atoms with Gasteiger partial charge >= 0.3 is 0 Å². The summed E-state index contributed by atoms with van der Waals surface area (Å²) in [5.41, 5.74) is 1.41. The summed E-state index contributed by atoms with van der Waals surface area (Å²) in [6.45, 7) is 0.243. The number of furan rings is 1. The van der Waals surface area contributed by atoms with E-state index in [-0.39, 0.29) is 18.2 Å². The minimum atomic E-state index is -0.177. The molecule has 0 unspecified atom stereocenters. The molecule has 4 rings (SSSR count). The highest BCUT2D eigenvalue weighted by atomic mass is 79.9. The first-order chi connectivity index (χ1) is 15.0. The maximum absolute atomic E-state index is 13.1. The Labute approximate surface area is 199 Å². The summed E-state index contributed by atoms with van der Waals surface area (Å²) in [7, 11) is 0. The third kappa shape index (κ3) is 5.36. The van der Waals surface area contributed by atoms with E-state index >= 15 is 0 Å². The van der Waals surface area contributed by atoms with E-state index in [9.17, 15) is 9.90 Å². The molecule has 0 saturated carbocycles. The van der Waals surface area contributed by atoms with Crippen LogP contribution in [0.5, 0.6) is 5.75 Å². The van der Waals surface area contributed by atoms with Crippen molar-refractivity contribution in [2.75, 3.05) is 0 Å². The van der Waals surface area contributed by atoms with E-state index in [0.717, 1.165) is 14.5 Å². The molecule has 2 heterocycles. The van der Waals surface area contributed by atoms with Crippen LogP contribution in [0.2, 0.25) is 0 Å². The average Bonchev–Trinajstić information content (AvgIpc) is 3.36. The Morgan fingerprint density at radius 3 is 2.61 bits per heavy atom. The van der Waals surface area contributed by atoms with Gasteiger partial charge in [-0.2, -0.15) is 5.10 Å². The predicted octanol–water partition coefficient (Wildman–Crippen LogP) is 6.02. The van der Waals surface area contributed by atoms with Gasteiger partial charge < -0.3 is 9.52 Å². The number of aromatic hydroxyl groups is 1.